The van der Waals surface area contributed by atoms with Gasteiger partial charge >= 0.3 is 0 Å². The topological polar surface area (TPSA) is 34.9 Å². The van der Waals surface area contributed by atoms with Gasteiger partial charge in [0.1, 0.15) is 0 Å². The summed E-state index contributed by atoms with van der Waals surface area (Å²) in [7, 11) is 0. The maximum atomic E-state index is 11.4. The van der Waals surface area contributed by atoms with Gasteiger partial charge in [0.05, 0.1) is 11.7 Å². The Morgan fingerprint density at radius 2 is 1.86 bits per heavy atom. The highest BCUT2D eigenvalue weighted by molar-refractivity contribution is 5.10. The Bertz CT molecular complexity index is 372. The predicted molar refractivity (Wildman–Crippen MR) is 57.6 cm³/mol. The summed E-state index contributed by atoms with van der Waals surface area (Å²) in [6.07, 6.45) is 0. The third-order valence-corrected chi connectivity index (χ3v) is 2.08. The van der Waals surface area contributed by atoms with E-state index in [9.17, 15) is 4.79 Å². The van der Waals surface area contributed by atoms with Gasteiger partial charge in [-0.1, -0.05) is 20.8 Å². The maximum absolute atomic E-state index is 11.4. The molecule has 78 valence electrons. The molecule has 0 atom stereocenters. The van der Waals surface area contributed by atoms with Gasteiger partial charge in [-0.05, 0) is 19.9 Å². The number of nitrogens with zero attached hydrogens (tertiary/aromatic N) is 2. The van der Waals surface area contributed by atoms with Crippen molar-refractivity contribution in [2.45, 2.75) is 46.1 Å². The van der Waals surface area contributed by atoms with Crippen molar-refractivity contribution in [2.24, 2.45) is 0 Å². The standard InChI is InChI=1S/C11H18N2O/c1-8(2)13-10(14)7-6-9(12-13)11(3,4)5/h6-8H,1-5H3. The molecule has 1 rings (SSSR count). The lowest BCUT2D eigenvalue weighted by atomic mass is 9.92. The average molecular weight is 194 g/mol. The van der Waals surface area contributed by atoms with E-state index in [-0.39, 0.29) is 17.0 Å². The van der Waals surface area contributed by atoms with Crippen LogP contribution in [0.4, 0.5) is 0 Å². The molecule has 0 fully saturated rings. The van der Waals surface area contributed by atoms with Crippen molar-refractivity contribution in [1.29, 1.82) is 0 Å². The maximum Gasteiger partial charge on any atom is 0.266 e. The molecule has 3 nitrogen and oxygen atoms in total. The van der Waals surface area contributed by atoms with E-state index in [2.05, 4.69) is 25.9 Å². The molecule has 0 amide bonds. The monoisotopic (exact) mass is 194 g/mol. The van der Waals surface area contributed by atoms with Gasteiger partial charge in [-0.25, -0.2) is 4.68 Å². The summed E-state index contributed by atoms with van der Waals surface area (Å²) in [6.45, 7) is 10.2. The lowest BCUT2D eigenvalue weighted by Gasteiger charge is -2.19. The van der Waals surface area contributed by atoms with Crippen molar-refractivity contribution >= 4 is 0 Å². The van der Waals surface area contributed by atoms with Crippen molar-refractivity contribution in [3.05, 3.63) is 28.2 Å². The summed E-state index contributed by atoms with van der Waals surface area (Å²) < 4.78 is 1.53. The van der Waals surface area contributed by atoms with Crippen LogP contribution >= 0.6 is 0 Å². The van der Waals surface area contributed by atoms with Crippen LogP contribution in [0.3, 0.4) is 0 Å². The molecule has 3 heteroatoms. The van der Waals surface area contributed by atoms with Crippen molar-refractivity contribution in [1.82, 2.24) is 9.78 Å². The van der Waals surface area contributed by atoms with E-state index in [4.69, 9.17) is 0 Å². The average Bonchev–Trinajstić information content (AvgIpc) is 2.02. The van der Waals surface area contributed by atoms with E-state index < -0.39 is 0 Å². The first-order valence-electron chi connectivity index (χ1n) is 4.92. The SMILES string of the molecule is CC(C)n1nc(C(C)(C)C)ccc1=O. The van der Waals surface area contributed by atoms with E-state index in [0.29, 0.717) is 0 Å². The summed E-state index contributed by atoms with van der Waals surface area (Å²) in [5.74, 6) is 0. The van der Waals surface area contributed by atoms with Gasteiger partial charge in [0.25, 0.3) is 5.56 Å². The Labute approximate surface area is 84.8 Å². The summed E-state index contributed by atoms with van der Waals surface area (Å²) in [5, 5.41) is 4.35. The highest BCUT2D eigenvalue weighted by Gasteiger charge is 2.16. The van der Waals surface area contributed by atoms with Crippen LogP contribution in [0.25, 0.3) is 0 Å². The molecule has 1 aromatic rings. The zero-order valence-corrected chi connectivity index (χ0v) is 9.53. The zero-order chi connectivity index (χ0) is 10.9. The van der Waals surface area contributed by atoms with Crippen molar-refractivity contribution < 1.29 is 0 Å². The molecule has 0 spiro atoms. The fraction of sp³-hybridized carbons (Fsp3) is 0.636. The second-order valence-electron chi connectivity index (χ2n) is 4.85. The summed E-state index contributed by atoms with van der Waals surface area (Å²) >= 11 is 0. The molecule has 0 aliphatic rings. The quantitative estimate of drug-likeness (QED) is 0.686. The third kappa shape index (κ3) is 2.22. The first-order valence-corrected chi connectivity index (χ1v) is 4.92. The van der Waals surface area contributed by atoms with Crippen LogP contribution in [0.15, 0.2) is 16.9 Å². The fourth-order valence-corrected chi connectivity index (χ4v) is 1.20. The molecule has 0 bridgehead atoms. The minimum absolute atomic E-state index is 0.00958. The molecule has 0 aliphatic carbocycles. The van der Waals surface area contributed by atoms with Crippen LogP contribution in [0.2, 0.25) is 0 Å². The van der Waals surface area contributed by atoms with Gasteiger partial charge in [0, 0.05) is 11.5 Å². The first kappa shape index (κ1) is 11.0. The summed E-state index contributed by atoms with van der Waals surface area (Å²) in [4.78, 5) is 11.4. The second-order valence-corrected chi connectivity index (χ2v) is 4.85. The Balaban J connectivity index is 3.27. The number of aromatic nitrogens is 2. The zero-order valence-electron chi connectivity index (χ0n) is 9.53. The highest BCUT2D eigenvalue weighted by Crippen LogP contribution is 2.18. The van der Waals surface area contributed by atoms with Crippen molar-refractivity contribution in [3.8, 4) is 0 Å². The van der Waals surface area contributed by atoms with Gasteiger partial charge in [0.15, 0.2) is 0 Å². The molecule has 0 saturated carbocycles. The molecule has 0 unspecified atom stereocenters. The summed E-state index contributed by atoms with van der Waals surface area (Å²) in [5.41, 5.74) is 0.906. The van der Waals surface area contributed by atoms with Crippen LogP contribution in [0.1, 0.15) is 46.4 Å². The molecule has 0 radical (unpaired) electrons. The molecule has 1 aromatic heterocycles. The van der Waals surface area contributed by atoms with Crippen molar-refractivity contribution in [2.75, 3.05) is 0 Å². The van der Waals surface area contributed by atoms with Crippen LogP contribution in [0, 0.1) is 0 Å². The largest absolute Gasteiger partial charge is 0.268 e. The molecule has 0 aromatic carbocycles. The molecular formula is C11H18N2O. The molecule has 14 heavy (non-hydrogen) atoms. The van der Waals surface area contributed by atoms with E-state index in [0.717, 1.165) is 5.69 Å². The molecule has 0 aliphatic heterocycles. The van der Waals surface area contributed by atoms with Crippen LogP contribution in [-0.2, 0) is 5.41 Å². The van der Waals surface area contributed by atoms with Crippen LogP contribution in [0.5, 0.6) is 0 Å². The number of hydrogen-bond acceptors (Lipinski definition) is 2. The van der Waals surface area contributed by atoms with Crippen LogP contribution in [-0.4, -0.2) is 9.78 Å². The predicted octanol–water partition coefficient (Wildman–Crippen LogP) is 2.12. The lowest BCUT2D eigenvalue weighted by Crippen LogP contribution is -2.28. The fourth-order valence-electron chi connectivity index (χ4n) is 1.20. The smallest absolute Gasteiger partial charge is 0.266 e. The van der Waals surface area contributed by atoms with E-state index in [1.807, 2.05) is 13.8 Å². The molecule has 1 heterocycles. The molecule has 0 saturated heterocycles. The second kappa shape index (κ2) is 3.56. The van der Waals surface area contributed by atoms with Gasteiger partial charge in [-0.2, -0.15) is 5.10 Å². The summed E-state index contributed by atoms with van der Waals surface area (Å²) in [6, 6.07) is 3.51. The van der Waals surface area contributed by atoms with E-state index in [1.54, 1.807) is 12.1 Å². The normalized spacial score (nSPS) is 12.1. The highest BCUT2D eigenvalue weighted by atomic mass is 16.1. The van der Waals surface area contributed by atoms with Crippen molar-refractivity contribution in [3.63, 3.8) is 0 Å². The first-order chi connectivity index (χ1) is 6.32. The van der Waals surface area contributed by atoms with E-state index in [1.165, 1.54) is 4.68 Å². The van der Waals surface area contributed by atoms with E-state index >= 15 is 0 Å². The lowest BCUT2D eigenvalue weighted by molar-refractivity contribution is 0.460. The van der Waals surface area contributed by atoms with Gasteiger partial charge < -0.3 is 0 Å². The Hall–Kier alpha value is -1.12. The Morgan fingerprint density at radius 1 is 1.29 bits per heavy atom. The van der Waals surface area contributed by atoms with Crippen LogP contribution < -0.4 is 5.56 Å². The number of rotatable bonds is 1. The molecular weight excluding hydrogens is 176 g/mol. The minimum Gasteiger partial charge on any atom is -0.268 e. The van der Waals surface area contributed by atoms with Gasteiger partial charge in [0.2, 0.25) is 0 Å². The third-order valence-electron chi connectivity index (χ3n) is 2.08. The number of hydrogen-bond donors (Lipinski definition) is 0. The Morgan fingerprint density at radius 3 is 2.29 bits per heavy atom. The Kier molecular flexibility index (Phi) is 2.79. The minimum atomic E-state index is -0.0343. The van der Waals surface area contributed by atoms with Gasteiger partial charge in [-0.3, -0.25) is 4.79 Å². The van der Waals surface area contributed by atoms with Gasteiger partial charge in [-0.15, -0.1) is 0 Å². The molecule has 0 N–H and O–H groups in total.